The third kappa shape index (κ3) is 4.57. The molecule has 0 bridgehead atoms. The summed E-state index contributed by atoms with van der Waals surface area (Å²) in [6, 6.07) is 10.9. The van der Waals surface area contributed by atoms with E-state index in [1.54, 1.807) is 6.07 Å². The molecule has 2 aromatic heterocycles. The third-order valence-electron chi connectivity index (χ3n) is 5.89. The summed E-state index contributed by atoms with van der Waals surface area (Å²) in [6.45, 7) is 6.27. The van der Waals surface area contributed by atoms with Crippen LogP contribution in [0.1, 0.15) is 13.8 Å². The van der Waals surface area contributed by atoms with Gasteiger partial charge in [-0.1, -0.05) is 0 Å². The maximum absolute atomic E-state index is 14.9. The topological polar surface area (TPSA) is 104 Å². The van der Waals surface area contributed by atoms with Gasteiger partial charge in [0.2, 0.25) is 5.95 Å². The first-order valence-corrected chi connectivity index (χ1v) is 11.5. The second-order valence-corrected chi connectivity index (χ2v) is 8.66. The van der Waals surface area contributed by atoms with Gasteiger partial charge in [-0.25, -0.2) is 18.7 Å². The van der Waals surface area contributed by atoms with Crippen molar-refractivity contribution in [2.45, 2.75) is 19.9 Å². The van der Waals surface area contributed by atoms with Crippen LogP contribution in [0.15, 0.2) is 42.6 Å². The highest BCUT2D eigenvalue weighted by atomic mass is 19.1. The van der Waals surface area contributed by atoms with Crippen molar-refractivity contribution in [3.8, 4) is 17.0 Å². The molecule has 3 heterocycles. The van der Waals surface area contributed by atoms with Crippen molar-refractivity contribution in [1.29, 1.82) is 0 Å². The molecule has 1 aliphatic rings. The molecule has 8 nitrogen and oxygen atoms in total. The van der Waals surface area contributed by atoms with Crippen LogP contribution in [0.25, 0.3) is 22.2 Å². The average molecular weight is 480 g/mol. The second kappa shape index (κ2) is 9.38. The normalized spacial score (nSPS) is 13.1. The lowest BCUT2D eigenvalue weighted by molar-refractivity contribution is 0.287. The number of hydrogen-bond donors (Lipinski definition) is 4. The summed E-state index contributed by atoms with van der Waals surface area (Å²) in [5, 5.41) is 7.30. The molecular formula is C25H27F2N7O. The number of benzene rings is 2. The van der Waals surface area contributed by atoms with Gasteiger partial charge in [-0.15, -0.1) is 0 Å². The van der Waals surface area contributed by atoms with Gasteiger partial charge < -0.3 is 31.0 Å². The molecule has 5 rings (SSSR count). The number of aromatic nitrogens is 3. The molecule has 10 heteroatoms. The molecule has 0 unspecified atom stereocenters. The van der Waals surface area contributed by atoms with Crippen molar-refractivity contribution in [2.24, 2.45) is 5.73 Å². The van der Waals surface area contributed by atoms with Crippen LogP contribution >= 0.6 is 0 Å². The molecule has 182 valence electrons. The Morgan fingerprint density at radius 2 is 2.03 bits per heavy atom. The number of rotatable bonds is 7. The lowest BCUT2D eigenvalue weighted by Gasteiger charge is -2.34. The van der Waals surface area contributed by atoms with E-state index in [1.165, 1.54) is 6.07 Å². The number of halogens is 2. The molecule has 0 saturated carbocycles. The van der Waals surface area contributed by atoms with Gasteiger partial charge in [0.15, 0.2) is 17.4 Å². The van der Waals surface area contributed by atoms with Gasteiger partial charge in [0.1, 0.15) is 18.1 Å². The smallest absolute Gasteiger partial charge is 0.229 e. The Morgan fingerprint density at radius 3 is 2.83 bits per heavy atom. The van der Waals surface area contributed by atoms with Crippen LogP contribution in [0.4, 0.5) is 31.9 Å². The zero-order valence-electron chi connectivity index (χ0n) is 19.5. The second-order valence-electron chi connectivity index (χ2n) is 8.66. The van der Waals surface area contributed by atoms with E-state index in [1.807, 2.05) is 43.0 Å². The monoisotopic (exact) mass is 479 g/mol. The van der Waals surface area contributed by atoms with E-state index >= 15 is 0 Å². The molecule has 0 fully saturated rings. The number of ether oxygens (including phenoxy) is 1. The zero-order valence-corrected chi connectivity index (χ0v) is 19.5. The quantitative estimate of drug-likeness (QED) is 0.307. The van der Waals surface area contributed by atoms with Crippen molar-refractivity contribution in [1.82, 2.24) is 15.0 Å². The fourth-order valence-corrected chi connectivity index (χ4v) is 4.25. The molecule has 0 saturated heterocycles. The molecule has 1 aliphatic heterocycles. The Bertz CT molecular complexity index is 1370. The van der Waals surface area contributed by atoms with Crippen LogP contribution in [0.3, 0.4) is 0 Å². The maximum atomic E-state index is 14.9. The Balaban J connectivity index is 1.46. The predicted molar refractivity (Wildman–Crippen MR) is 134 cm³/mol. The predicted octanol–water partition coefficient (Wildman–Crippen LogP) is 4.62. The van der Waals surface area contributed by atoms with E-state index in [2.05, 4.69) is 25.6 Å². The summed E-state index contributed by atoms with van der Waals surface area (Å²) in [5.74, 6) is -0.186. The molecular weight excluding hydrogens is 452 g/mol. The summed E-state index contributed by atoms with van der Waals surface area (Å²) in [7, 11) is 0. The van der Waals surface area contributed by atoms with Crippen molar-refractivity contribution >= 4 is 34.0 Å². The van der Waals surface area contributed by atoms with Crippen LogP contribution in [0.2, 0.25) is 0 Å². The standard InChI is InChI=1S/C25H27F2N7O/c1-14(2)34-7-8-35-24-18(26)10-16(11-21(24)34)23-19(27)13-30-25(33-23)32-22-12-15-9-17(29-6-5-28)3-4-20(15)31-22/h3-4,9-14,29,31H,5-8,28H2,1-2H3,(H,30,32,33). The first kappa shape index (κ1) is 22.9. The van der Waals surface area contributed by atoms with Gasteiger partial charge in [-0.05, 0) is 50.2 Å². The molecule has 35 heavy (non-hydrogen) atoms. The molecule has 2 aromatic carbocycles. The van der Waals surface area contributed by atoms with Crippen molar-refractivity contribution in [3.63, 3.8) is 0 Å². The number of nitrogens with one attached hydrogen (secondary N) is 3. The Hall–Kier alpha value is -3.92. The first-order valence-electron chi connectivity index (χ1n) is 11.5. The molecule has 0 aliphatic carbocycles. The van der Waals surface area contributed by atoms with Crippen molar-refractivity contribution in [3.05, 3.63) is 54.2 Å². The summed E-state index contributed by atoms with van der Waals surface area (Å²) < 4.78 is 35.2. The third-order valence-corrected chi connectivity index (χ3v) is 5.89. The summed E-state index contributed by atoms with van der Waals surface area (Å²) in [5.41, 5.74) is 8.33. The Morgan fingerprint density at radius 1 is 1.17 bits per heavy atom. The van der Waals surface area contributed by atoms with Gasteiger partial charge in [-0.3, -0.25) is 0 Å². The number of hydrogen-bond acceptors (Lipinski definition) is 7. The van der Waals surface area contributed by atoms with Crippen molar-refractivity contribution < 1.29 is 13.5 Å². The minimum atomic E-state index is -0.644. The number of H-pyrrole nitrogens is 1. The van der Waals surface area contributed by atoms with Crippen LogP contribution in [-0.2, 0) is 0 Å². The fourth-order valence-electron chi connectivity index (χ4n) is 4.25. The van der Waals surface area contributed by atoms with Gasteiger partial charge >= 0.3 is 0 Å². The van der Waals surface area contributed by atoms with Crippen LogP contribution in [-0.4, -0.2) is 47.2 Å². The SMILES string of the molecule is CC(C)N1CCOc2c(F)cc(-c3nc(Nc4cc5cc(NCCN)ccc5[nH]4)ncc3F)cc21. The van der Waals surface area contributed by atoms with Crippen LogP contribution in [0.5, 0.6) is 5.75 Å². The van der Waals surface area contributed by atoms with Crippen molar-refractivity contribution in [2.75, 3.05) is 41.8 Å². The highest BCUT2D eigenvalue weighted by Gasteiger charge is 2.25. The maximum Gasteiger partial charge on any atom is 0.229 e. The van der Waals surface area contributed by atoms with E-state index < -0.39 is 11.6 Å². The minimum Gasteiger partial charge on any atom is -0.486 e. The van der Waals surface area contributed by atoms with Crippen LogP contribution in [0, 0.1) is 11.6 Å². The Labute approximate surface area is 201 Å². The number of nitrogens with zero attached hydrogens (tertiary/aromatic N) is 3. The van der Waals surface area contributed by atoms with E-state index in [0.717, 1.165) is 22.8 Å². The molecule has 5 N–H and O–H groups in total. The number of nitrogens with two attached hydrogens (primary N) is 1. The fraction of sp³-hybridized carbons (Fsp3) is 0.280. The van der Waals surface area contributed by atoms with Crippen LogP contribution < -0.4 is 26.0 Å². The number of anilines is 4. The highest BCUT2D eigenvalue weighted by Crippen LogP contribution is 2.39. The first-order chi connectivity index (χ1) is 16.9. The molecule has 0 atom stereocenters. The summed E-state index contributed by atoms with van der Waals surface area (Å²) in [6.07, 6.45) is 1.08. The lowest BCUT2D eigenvalue weighted by atomic mass is 10.1. The highest BCUT2D eigenvalue weighted by molar-refractivity contribution is 5.87. The van der Waals surface area contributed by atoms with Gasteiger partial charge in [0.05, 0.1) is 18.4 Å². The number of fused-ring (bicyclic) bond motifs is 2. The van der Waals surface area contributed by atoms with E-state index in [9.17, 15) is 8.78 Å². The van der Waals surface area contributed by atoms with Gasteiger partial charge in [0, 0.05) is 41.3 Å². The minimum absolute atomic E-state index is 0.00265. The average Bonchev–Trinajstić information content (AvgIpc) is 3.25. The number of aromatic amines is 1. The summed E-state index contributed by atoms with van der Waals surface area (Å²) >= 11 is 0. The molecule has 4 aromatic rings. The largest absolute Gasteiger partial charge is 0.486 e. The van der Waals surface area contributed by atoms with Gasteiger partial charge in [0.25, 0.3) is 0 Å². The summed E-state index contributed by atoms with van der Waals surface area (Å²) in [4.78, 5) is 13.7. The van der Waals surface area contributed by atoms with E-state index in [4.69, 9.17) is 10.5 Å². The van der Waals surface area contributed by atoms with E-state index in [-0.39, 0.29) is 23.4 Å². The molecule has 0 radical (unpaired) electrons. The van der Waals surface area contributed by atoms with Gasteiger partial charge in [-0.2, -0.15) is 0 Å². The molecule has 0 amide bonds. The Kier molecular flexibility index (Phi) is 6.12. The lowest BCUT2D eigenvalue weighted by Crippen LogP contribution is -2.38. The molecule has 0 spiro atoms. The zero-order chi connectivity index (χ0) is 24.5. The van der Waals surface area contributed by atoms with E-state index in [0.29, 0.717) is 43.3 Å².